The SMILES string of the molecule is Cc1ccc(C=CC(=O)NC(=S)NNC(=O)c2ccc(OCC(C)C)cc2)cc1. The van der Waals surface area contributed by atoms with Crippen molar-refractivity contribution >= 4 is 35.2 Å². The molecule has 152 valence electrons. The molecular weight excluding hydrogens is 386 g/mol. The summed E-state index contributed by atoms with van der Waals surface area (Å²) in [5.74, 6) is 0.340. The van der Waals surface area contributed by atoms with Gasteiger partial charge in [0.05, 0.1) is 6.61 Å². The maximum absolute atomic E-state index is 12.1. The van der Waals surface area contributed by atoms with Gasteiger partial charge in [0.25, 0.3) is 5.91 Å². The van der Waals surface area contributed by atoms with E-state index in [1.54, 1.807) is 30.3 Å². The Morgan fingerprint density at radius 1 is 1.03 bits per heavy atom. The van der Waals surface area contributed by atoms with Crippen LogP contribution in [-0.2, 0) is 4.79 Å². The van der Waals surface area contributed by atoms with E-state index in [0.717, 1.165) is 11.1 Å². The number of rotatable bonds is 6. The minimum absolute atomic E-state index is 0.00575. The molecule has 0 atom stereocenters. The van der Waals surface area contributed by atoms with Crippen LogP contribution in [0.3, 0.4) is 0 Å². The fourth-order valence-corrected chi connectivity index (χ4v) is 2.34. The summed E-state index contributed by atoms with van der Waals surface area (Å²) in [6.07, 6.45) is 3.05. The van der Waals surface area contributed by atoms with Crippen molar-refractivity contribution in [1.29, 1.82) is 0 Å². The highest BCUT2D eigenvalue weighted by Crippen LogP contribution is 2.13. The number of thiocarbonyl (C=S) groups is 1. The molecule has 0 aliphatic rings. The van der Waals surface area contributed by atoms with E-state index in [0.29, 0.717) is 23.8 Å². The largest absolute Gasteiger partial charge is 0.493 e. The smallest absolute Gasteiger partial charge is 0.269 e. The summed E-state index contributed by atoms with van der Waals surface area (Å²) in [7, 11) is 0. The van der Waals surface area contributed by atoms with E-state index in [4.69, 9.17) is 17.0 Å². The van der Waals surface area contributed by atoms with Crippen molar-refractivity contribution in [3.8, 4) is 5.75 Å². The molecule has 0 spiro atoms. The molecule has 29 heavy (non-hydrogen) atoms. The van der Waals surface area contributed by atoms with Crippen molar-refractivity contribution in [1.82, 2.24) is 16.2 Å². The molecule has 7 heteroatoms. The van der Waals surface area contributed by atoms with E-state index in [1.807, 2.05) is 31.2 Å². The zero-order valence-corrected chi connectivity index (χ0v) is 17.5. The minimum atomic E-state index is -0.399. The zero-order valence-electron chi connectivity index (χ0n) is 16.7. The van der Waals surface area contributed by atoms with Crippen LogP contribution in [0.4, 0.5) is 0 Å². The van der Waals surface area contributed by atoms with Crippen LogP contribution in [0.25, 0.3) is 6.08 Å². The van der Waals surface area contributed by atoms with Gasteiger partial charge in [-0.05, 0) is 61.0 Å². The van der Waals surface area contributed by atoms with Gasteiger partial charge in [-0.3, -0.25) is 25.8 Å². The fourth-order valence-electron chi connectivity index (χ4n) is 2.19. The van der Waals surface area contributed by atoms with Crippen molar-refractivity contribution in [3.63, 3.8) is 0 Å². The summed E-state index contributed by atoms with van der Waals surface area (Å²) < 4.78 is 5.58. The Kier molecular flexibility index (Phi) is 8.36. The Labute approximate surface area is 176 Å². The van der Waals surface area contributed by atoms with Gasteiger partial charge in [-0.1, -0.05) is 43.7 Å². The zero-order chi connectivity index (χ0) is 21.2. The number of hydrogen-bond acceptors (Lipinski definition) is 4. The average molecular weight is 412 g/mol. The van der Waals surface area contributed by atoms with Gasteiger partial charge in [-0.2, -0.15) is 0 Å². The lowest BCUT2D eigenvalue weighted by atomic mass is 10.1. The van der Waals surface area contributed by atoms with Crippen LogP contribution >= 0.6 is 12.2 Å². The van der Waals surface area contributed by atoms with E-state index in [-0.39, 0.29) is 11.0 Å². The number of amides is 2. The van der Waals surface area contributed by atoms with Crippen LogP contribution in [0.5, 0.6) is 5.75 Å². The number of carbonyl (C=O) groups excluding carboxylic acids is 2. The molecule has 0 heterocycles. The minimum Gasteiger partial charge on any atom is -0.493 e. The normalized spacial score (nSPS) is 10.6. The Morgan fingerprint density at radius 2 is 1.69 bits per heavy atom. The van der Waals surface area contributed by atoms with Gasteiger partial charge in [0.15, 0.2) is 5.11 Å². The molecule has 0 unspecified atom stereocenters. The van der Waals surface area contributed by atoms with Crippen molar-refractivity contribution in [2.45, 2.75) is 20.8 Å². The molecule has 2 rings (SSSR count). The highest BCUT2D eigenvalue weighted by Gasteiger charge is 2.07. The van der Waals surface area contributed by atoms with Crippen LogP contribution in [0, 0.1) is 12.8 Å². The monoisotopic (exact) mass is 411 g/mol. The van der Waals surface area contributed by atoms with E-state index >= 15 is 0 Å². The lowest BCUT2D eigenvalue weighted by molar-refractivity contribution is -0.115. The summed E-state index contributed by atoms with van der Waals surface area (Å²) in [6, 6.07) is 14.5. The average Bonchev–Trinajstić information content (AvgIpc) is 2.70. The lowest BCUT2D eigenvalue weighted by Crippen LogP contribution is -2.48. The third kappa shape index (κ3) is 8.15. The highest BCUT2D eigenvalue weighted by molar-refractivity contribution is 7.80. The summed E-state index contributed by atoms with van der Waals surface area (Å²) >= 11 is 5.01. The number of hydrazine groups is 1. The molecule has 0 saturated heterocycles. The predicted molar refractivity (Wildman–Crippen MR) is 118 cm³/mol. The summed E-state index contributed by atoms with van der Waals surface area (Å²) in [5.41, 5.74) is 7.43. The van der Waals surface area contributed by atoms with E-state index < -0.39 is 5.91 Å². The van der Waals surface area contributed by atoms with Crippen molar-refractivity contribution in [2.75, 3.05) is 6.61 Å². The molecule has 3 N–H and O–H groups in total. The van der Waals surface area contributed by atoms with Gasteiger partial charge in [-0.25, -0.2) is 0 Å². The Morgan fingerprint density at radius 3 is 2.31 bits per heavy atom. The Balaban J connectivity index is 1.76. The first-order valence-electron chi connectivity index (χ1n) is 9.22. The number of ether oxygens (including phenoxy) is 1. The predicted octanol–water partition coefficient (Wildman–Crippen LogP) is 3.38. The van der Waals surface area contributed by atoms with Crippen LogP contribution < -0.4 is 20.9 Å². The molecule has 0 aromatic heterocycles. The Bertz CT molecular complexity index is 875. The van der Waals surface area contributed by atoms with Crippen molar-refractivity contribution < 1.29 is 14.3 Å². The van der Waals surface area contributed by atoms with Crippen LogP contribution in [0.15, 0.2) is 54.6 Å². The second-order valence-electron chi connectivity index (χ2n) is 6.87. The van der Waals surface area contributed by atoms with Gasteiger partial charge < -0.3 is 4.74 Å². The maximum atomic E-state index is 12.1. The van der Waals surface area contributed by atoms with Gasteiger partial charge in [0.2, 0.25) is 5.91 Å². The number of benzene rings is 2. The second-order valence-corrected chi connectivity index (χ2v) is 7.28. The molecule has 0 saturated carbocycles. The van der Waals surface area contributed by atoms with Gasteiger partial charge in [0, 0.05) is 11.6 Å². The first kappa shape index (κ1) is 22.1. The maximum Gasteiger partial charge on any atom is 0.269 e. The van der Waals surface area contributed by atoms with Crippen molar-refractivity contribution in [2.24, 2.45) is 5.92 Å². The van der Waals surface area contributed by atoms with Gasteiger partial charge in [0.1, 0.15) is 5.75 Å². The fraction of sp³-hybridized carbons (Fsp3) is 0.227. The van der Waals surface area contributed by atoms with E-state index in [1.165, 1.54) is 6.08 Å². The van der Waals surface area contributed by atoms with Crippen LogP contribution in [-0.4, -0.2) is 23.5 Å². The molecule has 0 aliphatic heterocycles. The number of aryl methyl sites for hydroxylation is 1. The van der Waals surface area contributed by atoms with E-state index in [2.05, 4.69) is 30.0 Å². The lowest BCUT2D eigenvalue weighted by Gasteiger charge is -2.11. The topological polar surface area (TPSA) is 79.5 Å². The molecule has 2 aromatic carbocycles. The number of nitrogens with one attached hydrogen (secondary N) is 3. The third-order valence-electron chi connectivity index (χ3n) is 3.73. The molecule has 0 fully saturated rings. The Hall–Kier alpha value is -3.19. The summed E-state index contributed by atoms with van der Waals surface area (Å²) in [5, 5.41) is 2.46. The molecule has 2 amide bonds. The van der Waals surface area contributed by atoms with Crippen LogP contribution in [0.1, 0.15) is 35.3 Å². The van der Waals surface area contributed by atoms with E-state index in [9.17, 15) is 9.59 Å². The molecule has 0 aliphatic carbocycles. The second kappa shape index (κ2) is 11.0. The number of hydrogen-bond donors (Lipinski definition) is 3. The standard InChI is InChI=1S/C22H25N3O3S/c1-15(2)14-28-19-11-9-18(10-12-19)21(27)24-25-22(29)23-20(26)13-8-17-6-4-16(3)5-7-17/h4-13,15H,14H2,1-3H3,(H,24,27)(H2,23,25,26,29). The van der Waals surface area contributed by atoms with Gasteiger partial charge >= 0.3 is 0 Å². The first-order valence-corrected chi connectivity index (χ1v) is 9.63. The molecule has 0 bridgehead atoms. The first-order chi connectivity index (χ1) is 13.8. The van der Waals surface area contributed by atoms with Crippen LogP contribution in [0.2, 0.25) is 0 Å². The molecular formula is C22H25N3O3S. The number of carbonyl (C=O) groups is 2. The van der Waals surface area contributed by atoms with Gasteiger partial charge in [-0.15, -0.1) is 0 Å². The van der Waals surface area contributed by atoms with Crippen molar-refractivity contribution in [3.05, 3.63) is 71.3 Å². The molecule has 0 radical (unpaired) electrons. The summed E-state index contributed by atoms with van der Waals surface area (Å²) in [6.45, 7) is 6.73. The summed E-state index contributed by atoms with van der Waals surface area (Å²) in [4.78, 5) is 24.1. The quantitative estimate of drug-likeness (QED) is 0.386. The third-order valence-corrected chi connectivity index (χ3v) is 3.93. The molecule has 2 aromatic rings. The highest BCUT2D eigenvalue weighted by atomic mass is 32.1. The molecule has 6 nitrogen and oxygen atoms in total.